The van der Waals surface area contributed by atoms with Crippen LogP contribution in [-0.2, 0) is 6.54 Å². The molecular formula is C20H22N2O3. The molecule has 1 atom stereocenters. The van der Waals surface area contributed by atoms with Crippen LogP contribution in [0.15, 0.2) is 66.9 Å². The van der Waals surface area contributed by atoms with E-state index in [1.807, 2.05) is 12.2 Å². The summed E-state index contributed by atoms with van der Waals surface area (Å²) in [5.74, 6) is 0.690. The molecule has 0 aliphatic carbocycles. The Kier molecular flexibility index (Phi) is 3.82. The normalized spacial score (nSPS) is 26.8. The van der Waals surface area contributed by atoms with Gasteiger partial charge in [0.05, 0.1) is 16.9 Å². The number of allylic oxidation sites excluding steroid dienone is 5. The van der Waals surface area contributed by atoms with E-state index in [4.69, 9.17) is 4.74 Å². The zero-order valence-corrected chi connectivity index (χ0v) is 14.8. The van der Waals surface area contributed by atoms with E-state index in [1.165, 1.54) is 6.07 Å². The van der Waals surface area contributed by atoms with Gasteiger partial charge in [0.25, 0.3) is 5.69 Å². The first-order valence-electron chi connectivity index (χ1n) is 8.16. The summed E-state index contributed by atoms with van der Waals surface area (Å²) >= 11 is 0. The first-order chi connectivity index (χ1) is 11.8. The van der Waals surface area contributed by atoms with E-state index >= 15 is 0 Å². The molecular weight excluding hydrogens is 316 g/mol. The molecule has 1 aromatic rings. The fourth-order valence-electron chi connectivity index (χ4n) is 3.69. The number of nitro benzene ring substituents is 1. The molecule has 25 heavy (non-hydrogen) atoms. The molecule has 1 aromatic carbocycles. The maximum atomic E-state index is 11.1. The third kappa shape index (κ3) is 2.30. The Hall–Kier alpha value is -2.82. The predicted octanol–water partition coefficient (Wildman–Crippen LogP) is 4.73. The lowest BCUT2D eigenvalue weighted by atomic mass is 9.77. The fourth-order valence-corrected chi connectivity index (χ4v) is 3.69. The number of ether oxygens (including phenoxy) is 1. The molecule has 2 aliphatic heterocycles. The number of hydrogen-bond donors (Lipinski definition) is 0. The van der Waals surface area contributed by atoms with Gasteiger partial charge in [-0.2, -0.15) is 0 Å². The predicted molar refractivity (Wildman–Crippen MR) is 98.0 cm³/mol. The van der Waals surface area contributed by atoms with E-state index < -0.39 is 5.72 Å². The van der Waals surface area contributed by atoms with E-state index in [2.05, 4.69) is 38.8 Å². The van der Waals surface area contributed by atoms with E-state index in [1.54, 1.807) is 24.3 Å². The van der Waals surface area contributed by atoms with E-state index in [0.29, 0.717) is 12.3 Å². The van der Waals surface area contributed by atoms with Crippen molar-refractivity contribution >= 4 is 5.69 Å². The number of rotatable bonds is 3. The molecule has 1 fully saturated rings. The molecule has 130 valence electrons. The highest BCUT2D eigenvalue weighted by molar-refractivity contribution is 5.52. The molecule has 0 spiro atoms. The van der Waals surface area contributed by atoms with Gasteiger partial charge in [0, 0.05) is 23.4 Å². The summed E-state index contributed by atoms with van der Waals surface area (Å²) in [4.78, 5) is 12.9. The van der Waals surface area contributed by atoms with Crippen LogP contribution >= 0.6 is 0 Å². The van der Waals surface area contributed by atoms with Gasteiger partial charge in [0.1, 0.15) is 5.75 Å². The molecule has 5 nitrogen and oxygen atoms in total. The Bertz CT molecular complexity index is 835. The molecule has 0 aromatic heterocycles. The highest BCUT2D eigenvalue weighted by Crippen LogP contribution is 2.57. The molecule has 0 radical (unpaired) electrons. The molecule has 1 unspecified atom stereocenters. The Morgan fingerprint density at radius 2 is 1.92 bits per heavy atom. The standard InChI is InChI=1S/C20H22N2O3/c1-6-8-16-17(9-7-2)21-13-14-12-15(22(23)24)10-11-18(14)25-20(21,5)19(16,3)4/h6-12H,1-2,13H2,3-5H3/b16-8+,17-9+. The SMILES string of the molecule is C=C/C=C1\C(=C/C=C)N2Cc3cc([N+](=O)[O-])ccc3OC2(C)C1(C)C. The lowest BCUT2D eigenvalue weighted by Gasteiger charge is -2.47. The van der Waals surface area contributed by atoms with Crippen molar-refractivity contribution in [2.75, 3.05) is 0 Å². The lowest BCUT2D eigenvalue weighted by molar-refractivity contribution is -0.385. The van der Waals surface area contributed by atoms with Gasteiger partial charge in [-0.05, 0) is 38.5 Å². The molecule has 2 heterocycles. The zero-order valence-electron chi connectivity index (χ0n) is 14.8. The van der Waals surface area contributed by atoms with Crippen molar-refractivity contribution in [1.82, 2.24) is 4.90 Å². The molecule has 0 saturated carbocycles. The monoisotopic (exact) mass is 338 g/mol. The Morgan fingerprint density at radius 3 is 2.52 bits per heavy atom. The summed E-state index contributed by atoms with van der Waals surface area (Å²) < 4.78 is 6.40. The average Bonchev–Trinajstić information content (AvgIpc) is 2.71. The maximum absolute atomic E-state index is 11.1. The first-order valence-corrected chi connectivity index (χ1v) is 8.16. The van der Waals surface area contributed by atoms with Crippen molar-refractivity contribution in [3.8, 4) is 5.75 Å². The third-order valence-electron chi connectivity index (χ3n) is 5.37. The summed E-state index contributed by atoms with van der Waals surface area (Å²) in [7, 11) is 0. The van der Waals surface area contributed by atoms with Gasteiger partial charge in [0.15, 0.2) is 5.72 Å². The highest BCUT2D eigenvalue weighted by Gasteiger charge is 2.59. The molecule has 0 amide bonds. The number of nitro groups is 1. The van der Waals surface area contributed by atoms with Crippen LogP contribution in [0.4, 0.5) is 5.69 Å². The van der Waals surface area contributed by atoms with Crippen LogP contribution in [0.5, 0.6) is 5.75 Å². The minimum atomic E-state index is -0.611. The number of benzene rings is 1. The van der Waals surface area contributed by atoms with Crippen LogP contribution in [0, 0.1) is 15.5 Å². The van der Waals surface area contributed by atoms with Gasteiger partial charge in [-0.25, -0.2) is 0 Å². The molecule has 3 rings (SSSR count). The second kappa shape index (κ2) is 5.62. The highest BCUT2D eigenvalue weighted by atomic mass is 16.6. The van der Waals surface area contributed by atoms with Crippen LogP contribution in [0.3, 0.4) is 0 Å². The van der Waals surface area contributed by atoms with E-state index in [-0.39, 0.29) is 16.0 Å². The Labute approximate surface area is 147 Å². The molecule has 0 bridgehead atoms. The number of fused-ring (bicyclic) bond motifs is 2. The molecule has 5 heteroatoms. The largest absolute Gasteiger partial charge is 0.467 e. The van der Waals surface area contributed by atoms with Crippen LogP contribution in [0.2, 0.25) is 0 Å². The van der Waals surface area contributed by atoms with Crippen LogP contribution < -0.4 is 4.74 Å². The van der Waals surface area contributed by atoms with Crippen molar-refractivity contribution in [1.29, 1.82) is 0 Å². The van der Waals surface area contributed by atoms with Crippen molar-refractivity contribution in [2.45, 2.75) is 33.0 Å². The van der Waals surface area contributed by atoms with E-state index in [0.717, 1.165) is 16.8 Å². The van der Waals surface area contributed by atoms with Gasteiger partial charge in [0.2, 0.25) is 0 Å². The number of nitrogens with zero attached hydrogens (tertiary/aromatic N) is 2. The van der Waals surface area contributed by atoms with Gasteiger partial charge >= 0.3 is 0 Å². The van der Waals surface area contributed by atoms with Gasteiger partial charge < -0.3 is 9.64 Å². The summed E-state index contributed by atoms with van der Waals surface area (Å²) in [6.45, 7) is 14.5. The topological polar surface area (TPSA) is 55.6 Å². The lowest BCUT2D eigenvalue weighted by Crippen LogP contribution is -2.55. The molecule has 0 N–H and O–H groups in total. The maximum Gasteiger partial charge on any atom is 0.270 e. The van der Waals surface area contributed by atoms with Crippen LogP contribution in [0.1, 0.15) is 26.3 Å². The fraction of sp³-hybridized carbons (Fsp3) is 0.300. The smallest absolute Gasteiger partial charge is 0.270 e. The zero-order chi connectivity index (χ0) is 18.4. The average molecular weight is 338 g/mol. The van der Waals surface area contributed by atoms with Crippen molar-refractivity contribution < 1.29 is 9.66 Å². The summed E-state index contributed by atoms with van der Waals surface area (Å²) in [5.41, 5.74) is 2.06. The quantitative estimate of drug-likeness (QED) is 0.591. The van der Waals surface area contributed by atoms with Crippen molar-refractivity contribution in [3.05, 3.63) is 82.6 Å². The Balaban J connectivity index is 2.18. The summed E-state index contributed by atoms with van der Waals surface area (Å²) in [6, 6.07) is 4.77. The van der Waals surface area contributed by atoms with Gasteiger partial charge in [-0.3, -0.25) is 10.1 Å². The second-order valence-electron chi connectivity index (χ2n) is 6.95. The van der Waals surface area contributed by atoms with Gasteiger partial charge in [-0.1, -0.05) is 31.4 Å². The van der Waals surface area contributed by atoms with Crippen molar-refractivity contribution in [3.63, 3.8) is 0 Å². The molecule has 2 aliphatic rings. The van der Waals surface area contributed by atoms with Crippen LogP contribution in [-0.4, -0.2) is 15.5 Å². The molecule has 1 saturated heterocycles. The van der Waals surface area contributed by atoms with Crippen molar-refractivity contribution in [2.24, 2.45) is 5.41 Å². The van der Waals surface area contributed by atoms with E-state index in [9.17, 15) is 10.1 Å². The summed E-state index contributed by atoms with van der Waals surface area (Å²) in [5, 5.41) is 11.1. The summed E-state index contributed by atoms with van der Waals surface area (Å²) in [6.07, 6.45) is 7.47. The minimum Gasteiger partial charge on any atom is -0.467 e. The van der Waals surface area contributed by atoms with Gasteiger partial charge in [-0.15, -0.1) is 0 Å². The first kappa shape index (κ1) is 17.0. The van der Waals surface area contributed by atoms with Crippen LogP contribution in [0.25, 0.3) is 0 Å². The number of non-ortho nitro benzene ring substituents is 1. The Morgan fingerprint density at radius 1 is 1.24 bits per heavy atom. The number of hydrogen-bond acceptors (Lipinski definition) is 4. The third-order valence-corrected chi connectivity index (χ3v) is 5.37. The second-order valence-corrected chi connectivity index (χ2v) is 6.95. The minimum absolute atomic E-state index is 0.0699.